The van der Waals surface area contributed by atoms with Crippen LogP contribution in [-0.4, -0.2) is 39.1 Å². The molecule has 172 valence electrons. The predicted octanol–water partition coefficient (Wildman–Crippen LogP) is 2.85. The number of nitro groups is 1. The molecule has 1 amide bonds. The molecular weight excluding hydrogens is 452 g/mol. The number of amides is 1. The summed E-state index contributed by atoms with van der Waals surface area (Å²) in [5, 5.41) is 15.0. The SMILES string of the molecule is COc1ccc(N(CC(=O)N/N=C\c2ccco2)S(=O)(=O)c2ccc(C)c([N+](=O)[O-])c2)cc1. The number of rotatable bonds is 9. The third-order valence-corrected chi connectivity index (χ3v) is 6.31. The highest BCUT2D eigenvalue weighted by atomic mass is 32.2. The molecule has 0 saturated heterocycles. The highest BCUT2D eigenvalue weighted by molar-refractivity contribution is 7.92. The van der Waals surface area contributed by atoms with Gasteiger partial charge in [0.2, 0.25) is 0 Å². The molecule has 0 aliphatic heterocycles. The fourth-order valence-electron chi connectivity index (χ4n) is 2.84. The number of methoxy groups -OCH3 is 1. The number of nitro benzene ring substituents is 1. The molecule has 0 bridgehead atoms. The summed E-state index contributed by atoms with van der Waals surface area (Å²) in [6.45, 7) is 0.867. The van der Waals surface area contributed by atoms with Gasteiger partial charge in [0.15, 0.2) is 0 Å². The van der Waals surface area contributed by atoms with Crippen LogP contribution in [0.5, 0.6) is 5.75 Å². The molecule has 0 radical (unpaired) electrons. The fraction of sp³-hybridized carbons (Fsp3) is 0.143. The topological polar surface area (TPSA) is 144 Å². The summed E-state index contributed by atoms with van der Waals surface area (Å²) in [6, 6.07) is 12.8. The molecule has 1 aromatic heterocycles. The van der Waals surface area contributed by atoms with Crippen LogP contribution in [0, 0.1) is 17.0 Å². The first-order valence-corrected chi connectivity index (χ1v) is 10.9. The first-order chi connectivity index (χ1) is 15.7. The summed E-state index contributed by atoms with van der Waals surface area (Å²) in [5.41, 5.74) is 2.35. The van der Waals surface area contributed by atoms with Gasteiger partial charge in [0.05, 0.1) is 35.1 Å². The Kier molecular flexibility index (Phi) is 7.08. The molecule has 1 N–H and O–H groups in total. The number of nitrogens with one attached hydrogen (secondary N) is 1. The number of anilines is 1. The first kappa shape index (κ1) is 23.5. The molecule has 0 fully saturated rings. The number of benzene rings is 2. The van der Waals surface area contributed by atoms with Crippen molar-refractivity contribution in [3.8, 4) is 5.75 Å². The Labute approximate surface area is 189 Å². The summed E-state index contributed by atoms with van der Waals surface area (Å²) in [6.07, 6.45) is 2.69. The van der Waals surface area contributed by atoms with Crippen LogP contribution in [0.25, 0.3) is 0 Å². The van der Waals surface area contributed by atoms with Crippen LogP contribution in [0.3, 0.4) is 0 Å². The van der Waals surface area contributed by atoms with Gasteiger partial charge in [-0.15, -0.1) is 0 Å². The van der Waals surface area contributed by atoms with Crippen molar-refractivity contribution in [2.24, 2.45) is 5.10 Å². The third-order valence-electron chi connectivity index (χ3n) is 4.54. The van der Waals surface area contributed by atoms with Crippen LogP contribution in [0.2, 0.25) is 0 Å². The smallest absolute Gasteiger partial charge is 0.273 e. The number of carbonyl (C=O) groups is 1. The van der Waals surface area contributed by atoms with Crippen LogP contribution in [0.4, 0.5) is 11.4 Å². The maximum atomic E-state index is 13.4. The zero-order valence-corrected chi connectivity index (χ0v) is 18.5. The molecule has 0 atom stereocenters. The van der Waals surface area contributed by atoms with Crippen molar-refractivity contribution in [3.05, 3.63) is 82.3 Å². The van der Waals surface area contributed by atoms with Gasteiger partial charge < -0.3 is 9.15 Å². The van der Waals surface area contributed by atoms with E-state index in [9.17, 15) is 23.3 Å². The van der Waals surface area contributed by atoms with Gasteiger partial charge in [-0.1, -0.05) is 6.07 Å². The second-order valence-corrected chi connectivity index (χ2v) is 8.59. The maximum absolute atomic E-state index is 13.4. The number of nitrogens with zero attached hydrogens (tertiary/aromatic N) is 3. The van der Waals surface area contributed by atoms with E-state index >= 15 is 0 Å². The number of hydrogen-bond donors (Lipinski definition) is 1. The fourth-order valence-corrected chi connectivity index (χ4v) is 4.28. The summed E-state index contributed by atoms with van der Waals surface area (Å²) >= 11 is 0. The van der Waals surface area contributed by atoms with E-state index in [1.165, 1.54) is 62.9 Å². The summed E-state index contributed by atoms with van der Waals surface area (Å²) in [5.74, 6) is 0.135. The van der Waals surface area contributed by atoms with Gasteiger partial charge in [0, 0.05) is 11.6 Å². The molecule has 11 nitrogen and oxygen atoms in total. The third kappa shape index (κ3) is 5.54. The zero-order chi connectivity index (χ0) is 24.0. The molecule has 2 aromatic carbocycles. The average Bonchev–Trinajstić information content (AvgIpc) is 3.31. The Morgan fingerprint density at radius 2 is 1.97 bits per heavy atom. The summed E-state index contributed by atoms with van der Waals surface area (Å²) in [7, 11) is -2.90. The van der Waals surface area contributed by atoms with Crippen molar-refractivity contribution in [2.45, 2.75) is 11.8 Å². The van der Waals surface area contributed by atoms with Crippen LogP contribution in [0.15, 0.2) is 75.3 Å². The molecule has 3 aromatic rings. The Morgan fingerprint density at radius 3 is 2.58 bits per heavy atom. The Hall–Kier alpha value is -4.19. The minimum absolute atomic E-state index is 0.157. The van der Waals surface area contributed by atoms with Crippen molar-refractivity contribution in [2.75, 3.05) is 18.0 Å². The van der Waals surface area contributed by atoms with Crippen LogP contribution in [-0.2, 0) is 14.8 Å². The molecule has 0 unspecified atom stereocenters. The molecule has 0 spiro atoms. The van der Waals surface area contributed by atoms with Gasteiger partial charge in [-0.3, -0.25) is 19.2 Å². The number of ether oxygens (including phenoxy) is 1. The molecular formula is C21H20N4O7S. The van der Waals surface area contributed by atoms with Gasteiger partial charge >= 0.3 is 0 Å². The van der Waals surface area contributed by atoms with Gasteiger partial charge in [-0.05, 0) is 49.4 Å². The molecule has 3 rings (SSSR count). The highest BCUT2D eigenvalue weighted by Gasteiger charge is 2.29. The molecule has 0 saturated carbocycles. The predicted molar refractivity (Wildman–Crippen MR) is 120 cm³/mol. The second-order valence-electron chi connectivity index (χ2n) is 6.72. The molecule has 0 aliphatic rings. The van der Waals surface area contributed by atoms with Crippen molar-refractivity contribution in [1.82, 2.24) is 5.43 Å². The van der Waals surface area contributed by atoms with Crippen molar-refractivity contribution in [3.63, 3.8) is 0 Å². The Morgan fingerprint density at radius 1 is 1.24 bits per heavy atom. The van der Waals surface area contributed by atoms with E-state index in [-0.39, 0.29) is 16.3 Å². The zero-order valence-electron chi connectivity index (χ0n) is 17.7. The van der Waals surface area contributed by atoms with Crippen molar-refractivity contribution in [1.29, 1.82) is 0 Å². The molecule has 1 heterocycles. The van der Waals surface area contributed by atoms with Crippen LogP contribution >= 0.6 is 0 Å². The van der Waals surface area contributed by atoms with E-state index in [2.05, 4.69) is 10.5 Å². The van der Waals surface area contributed by atoms with Gasteiger partial charge in [-0.2, -0.15) is 5.10 Å². The van der Waals surface area contributed by atoms with E-state index in [1.807, 2.05) is 0 Å². The van der Waals surface area contributed by atoms with Crippen molar-refractivity contribution >= 4 is 33.5 Å². The molecule has 0 aliphatic carbocycles. The minimum atomic E-state index is -4.35. The van der Waals surface area contributed by atoms with Gasteiger partial charge in [0.1, 0.15) is 18.1 Å². The van der Waals surface area contributed by atoms with Gasteiger partial charge in [0.25, 0.3) is 21.6 Å². The van der Waals surface area contributed by atoms with Gasteiger partial charge in [-0.25, -0.2) is 13.8 Å². The lowest BCUT2D eigenvalue weighted by Crippen LogP contribution is -2.39. The lowest BCUT2D eigenvalue weighted by Gasteiger charge is -2.24. The van der Waals surface area contributed by atoms with E-state index in [0.717, 1.165) is 10.4 Å². The maximum Gasteiger partial charge on any atom is 0.273 e. The van der Waals surface area contributed by atoms with E-state index < -0.39 is 27.4 Å². The van der Waals surface area contributed by atoms with E-state index in [1.54, 1.807) is 12.1 Å². The largest absolute Gasteiger partial charge is 0.497 e. The lowest BCUT2D eigenvalue weighted by atomic mass is 10.2. The van der Waals surface area contributed by atoms with Crippen LogP contribution in [0.1, 0.15) is 11.3 Å². The number of aryl methyl sites for hydroxylation is 1. The summed E-state index contributed by atoms with van der Waals surface area (Å²) in [4.78, 5) is 22.8. The van der Waals surface area contributed by atoms with Crippen molar-refractivity contribution < 1.29 is 27.3 Å². The Balaban J connectivity index is 1.94. The second kappa shape index (κ2) is 9.96. The quantitative estimate of drug-likeness (QED) is 0.286. The average molecular weight is 472 g/mol. The Bertz CT molecular complexity index is 1270. The minimum Gasteiger partial charge on any atom is -0.497 e. The standard InChI is InChI=1S/C21H20N4O7S/c1-15-5-10-19(12-20(15)25(27)28)33(29,30)24(16-6-8-17(31-2)9-7-16)14-21(26)23-22-13-18-4-3-11-32-18/h3-13H,14H2,1-2H3,(H,23,26)/b22-13-. The summed E-state index contributed by atoms with van der Waals surface area (Å²) < 4.78 is 37.8. The number of hydrogen-bond acceptors (Lipinski definition) is 8. The first-order valence-electron chi connectivity index (χ1n) is 9.49. The monoisotopic (exact) mass is 472 g/mol. The highest BCUT2D eigenvalue weighted by Crippen LogP contribution is 2.28. The number of carbonyl (C=O) groups excluding carboxylic acids is 1. The van der Waals surface area contributed by atoms with Crippen LogP contribution < -0.4 is 14.5 Å². The molecule has 33 heavy (non-hydrogen) atoms. The number of sulfonamides is 1. The molecule has 12 heteroatoms. The lowest BCUT2D eigenvalue weighted by molar-refractivity contribution is -0.385. The van der Waals surface area contributed by atoms with E-state index in [0.29, 0.717) is 17.1 Å². The number of hydrazone groups is 1. The number of furan rings is 1. The normalized spacial score (nSPS) is 11.3. The van der Waals surface area contributed by atoms with E-state index in [4.69, 9.17) is 9.15 Å².